The Balaban J connectivity index is 0.00000400. The van der Waals surface area contributed by atoms with Crippen LogP contribution in [0.25, 0.3) is 0 Å². The summed E-state index contributed by atoms with van der Waals surface area (Å²) in [6.45, 7) is 6.96. The number of carbonyl (C=O) groups excluding carboxylic acids is 2. The van der Waals surface area contributed by atoms with Gasteiger partial charge in [0.05, 0.1) is 6.54 Å². The normalized spacial score (nSPS) is 19.9. The number of hydrogen-bond acceptors (Lipinski definition) is 3. The number of amides is 2. The van der Waals surface area contributed by atoms with Crippen LogP contribution in [-0.2, 0) is 9.59 Å². The zero-order valence-electron chi connectivity index (χ0n) is 13.4. The summed E-state index contributed by atoms with van der Waals surface area (Å²) in [5.74, 6) is 0.451. The maximum atomic E-state index is 12.2. The third-order valence-corrected chi connectivity index (χ3v) is 3.86. The number of piperidine rings is 1. The first-order chi connectivity index (χ1) is 9.41. The molecule has 6 heteroatoms. The van der Waals surface area contributed by atoms with Crippen molar-refractivity contribution in [2.24, 2.45) is 11.7 Å². The molecular weight excluding hydrogens is 290 g/mol. The van der Waals surface area contributed by atoms with Gasteiger partial charge in [0.15, 0.2) is 0 Å². The SMILES string of the molecule is CC(C)CCC(=O)NCC(=O)N1CCCCC1C(C)N.Cl. The van der Waals surface area contributed by atoms with Crippen molar-refractivity contribution in [2.75, 3.05) is 13.1 Å². The van der Waals surface area contributed by atoms with Crippen LogP contribution in [-0.4, -0.2) is 41.9 Å². The number of nitrogens with zero attached hydrogens (tertiary/aromatic N) is 1. The zero-order valence-corrected chi connectivity index (χ0v) is 14.2. The molecule has 1 aliphatic rings. The lowest BCUT2D eigenvalue weighted by Crippen LogP contribution is -2.54. The molecule has 0 aromatic carbocycles. The predicted octanol–water partition coefficient (Wildman–Crippen LogP) is 1.69. The summed E-state index contributed by atoms with van der Waals surface area (Å²) in [4.78, 5) is 25.7. The fraction of sp³-hybridized carbons (Fsp3) is 0.867. The molecule has 1 heterocycles. The lowest BCUT2D eigenvalue weighted by molar-refractivity contribution is -0.136. The molecule has 2 unspecified atom stereocenters. The van der Waals surface area contributed by atoms with Gasteiger partial charge in [0.1, 0.15) is 0 Å². The summed E-state index contributed by atoms with van der Waals surface area (Å²) in [6, 6.07) is 0.0970. The highest BCUT2D eigenvalue weighted by Gasteiger charge is 2.28. The van der Waals surface area contributed by atoms with Crippen molar-refractivity contribution in [1.82, 2.24) is 10.2 Å². The first-order valence-corrected chi connectivity index (χ1v) is 7.73. The number of halogens is 1. The van der Waals surface area contributed by atoms with Crippen LogP contribution in [0.1, 0.15) is 52.9 Å². The van der Waals surface area contributed by atoms with Crippen LogP contribution in [0.5, 0.6) is 0 Å². The van der Waals surface area contributed by atoms with Gasteiger partial charge in [-0.2, -0.15) is 0 Å². The van der Waals surface area contributed by atoms with E-state index in [1.807, 2.05) is 11.8 Å². The van der Waals surface area contributed by atoms with E-state index in [4.69, 9.17) is 5.73 Å². The Morgan fingerprint density at radius 2 is 1.95 bits per heavy atom. The standard InChI is InChI=1S/C15H29N3O2.ClH/c1-11(2)7-8-14(19)17-10-15(20)18-9-5-4-6-13(18)12(3)16;/h11-13H,4-10,16H2,1-3H3,(H,17,19);1H. The Bertz CT molecular complexity index is 335. The van der Waals surface area contributed by atoms with E-state index >= 15 is 0 Å². The molecule has 0 spiro atoms. The maximum absolute atomic E-state index is 12.2. The van der Waals surface area contributed by atoms with Crippen LogP contribution < -0.4 is 11.1 Å². The van der Waals surface area contributed by atoms with Crippen LogP contribution in [0.4, 0.5) is 0 Å². The van der Waals surface area contributed by atoms with Crippen molar-refractivity contribution in [3.63, 3.8) is 0 Å². The molecule has 1 rings (SSSR count). The minimum atomic E-state index is -0.0404. The second-order valence-electron chi connectivity index (χ2n) is 6.22. The van der Waals surface area contributed by atoms with Gasteiger partial charge in [-0.15, -0.1) is 12.4 Å². The molecule has 0 aromatic rings. The van der Waals surface area contributed by atoms with Crippen LogP contribution >= 0.6 is 12.4 Å². The second kappa shape index (κ2) is 10.0. The molecule has 0 aliphatic carbocycles. The largest absolute Gasteiger partial charge is 0.347 e. The summed E-state index contributed by atoms with van der Waals surface area (Å²) in [7, 11) is 0. The predicted molar refractivity (Wildman–Crippen MR) is 87.3 cm³/mol. The Labute approximate surface area is 134 Å². The van der Waals surface area contributed by atoms with Crippen molar-refractivity contribution in [2.45, 2.75) is 65.0 Å². The minimum absolute atomic E-state index is 0. The van der Waals surface area contributed by atoms with Gasteiger partial charge < -0.3 is 16.0 Å². The second-order valence-corrected chi connectivity index (χ2v) is 6.22. The summed E-state index contributed by atoms with van der Waals surface area (Å²) < 4.78 is 0. The van der Waals surface area contributed by atoms with Crippen LogP contribution in [0, 0.1) is 5.92 Å². The zero-order chi connectivity index (χ0) is 15.1. The van der Waals surface area contributed by atoms with Gasteiger partial charge in [0.25, 0.3) is 0 Å². The molecule has 3 N–H and O–H groups in total. The quantitative estimate of drug-likeness (QED) is 0.782. The highest BCUT2D eigenvalue weighted by molar-refractivity contribution is 5.85. The van der Waals surface area contributed by atoms with Crippen LogP contribution in [0.3, 0.4) is 0 Å². The Morgan fingerprint density at radius 1 is 1.29 bits per heavy atom. The van der Waals surface area contributed by atoms with Crippen molar-refractivity contribution >= 4 is 24.2 Å². The van der Waals surface area contributed by atoms with Crippen molar-refractivity contribution in [1.29, 1.82) is 0 Å². The highest BCUT2D eigenvalue weighted by Crippen LogP contribution is 2.18. The van der Waals surface area contributed by atoms with Crippen LogP contribution in [0.15, 0.2) is 0 Å². The minimum Gasteiger partial charge on any atom is -0.347 e. The van der Waals surface area contributed by atoms with Crippen molar-refractivity contribution in [3.05, 3.63) is 0 Å². The summed E-state index contributed by atoms with van der Waals surface area (Å²) in [5.41, 5.74) is 5.95. The average molecular weight is 320 g/mol. The molecule has 1 fully saturated rings. The molecule has 124 valence electrons. The smallest absolute Gasteiger partial charge is 0.242 e. The molecule has 0 radical (unpaired) electrons. The molecule has 0 saturated carbocycles. The number of carbonyl (C=O) groups is 2. The van der Waals surface area contributed by atoms with E-state index in [9.17, 15) is 9.59 Å². The van der Waals surface area contributed by atoms with Gasteiger partial charge >= 0.3 is 0 Å². The number of likely N-dealkylation sites (tertiary alicyclic amines) is 1. The molecule has 1 aliphatic heterocycles. The molecule has 5 nitrogen and oxygen atoms in total. The van der Waals surface area contributed by atoms with Gasteiger partial charge in [-0.05, 0) is 38.5 Å². The molecular formula is C15H30ClN3O2. The molecule has 2 amide bonds. The van der Waals surface area contributed by atoms with E-state index in [-0.39, 0.29) is 42.8 Å². The highest BCUT2D eigenvalue weighted by atomic mass is 35.5. The van der Waals surface area contributed by atoms with Gasteiger partial charge in [-0.25, -0.2) is 0 Å². The summed E-state index contributed by atoms with van der Waals surface area (Å²) in [5, 5.41) is 2.72. The summed E-state index contributed by atoms with van der Waals surface area (Å²) >= 11 is 0. The Hall–Kier alpha value is -0.810. The number of rotatable bonds is 6. The fourth-order valence-corrected chi connectivity index (χ4v) is 2.60. The molecule has 0 bridgehead atoms. The van der Waals surface area contributed by atoms with E-state index < -0.39 is 0 Å². The third-order valence-electron chi connectivity index (χ3n) is 3.86. The fourth-order valence-electron chi connectivity index (χ4n) is 2.60. The first-order valence-electron chi connectivity index (χ1n) is 7.73. The molecule has 1 saturated heterocycles. The van der Waals surface area contributed by atoms with Gasteiger partial charge in [-0.1, -0.05) is 13.8 Å². The maximum Gasteiger partial charge on any atom is 0.242 e. The number of hydrogen-bond donors (Lipinski definition) is 2. The van der Waals surface area contributed by atoms with Crippen molar-refractivity contribution < 1.29 is 9.59 Å². The van der Waals surface area contributed by atoms with Gasteiger partial charge in [0.2, 0.25) is 11.8 Å². The lowest BCUT2D eigenvalue weighted by Gasteiger charge is -2.38. The summed E-state index contributed by atoms with van der Waals surface area (Å²) in [6.07, 6.45) is 4.45. The monoisotopic (exact) mass is 319 g/mol. The van der Waals surface area contributed by atoms with Crippen LogP contribution in [0.2, 0.25) is 0 Å². The number of nitrogens with one attached hydrogen (secondary N) is 1. The van der Waals surface area contributed by atoms with E-state index in [1.54, 1.807) is 0 Å². The van der Waals surface area contributed by atoms with E-state index in [0.717, 1.165) is 32.2 Å². The average Bonchev–Trinajstić information content (AvgIpc) is 2.42. The molecule has 0 aromatic heterocycles. The number of nitrogens with two attached hydrogens (primary N) is 1. The Kier molecular flexibility index (Phi) is 9.62. The first kappa shape index (κ1) is 20.2. The van der Waals surface area contributed by atoms with Crippen molar-refractivity contribution in [3.8, 4) is 0 Å². The van der Waals surface area contributed by atoms with E-state index in [1.165, 1.54) is 0 Å². The molecule has 21 heavy (non-hydrogen) atoms. The topological polar surface area (TPSA) is 75.4 Å². The van der Waals surface area contributed by atoms with Gasteiger partial charge in [-0.3, -0.25) is 9.59 Å². The van der Waals surface area contributed by atoms with E-state index in [2.05, 4.69) is 19.2 Å². The molecule has 2 atom stereocenters. The Morgan fingerprint density at radius 3 is 2.52 bits per heavy atom. The lowest BCUT2D eigenvalue weighted by atomic mass is 9.97. The van der Waals surface area contributed by atoms with Gasteiger partial charge in [0, 0.05) is 25.0 Å². The third kappa shape index (κ3) is 7.14. The van der Waals surface area contributed by atoms with E-state index in [0.29, 0.717) is 12.3 Å².